The molecule has 2 aliphatic rings. The SMILES string of the molecule is C[C@H](CNC1CCC(C(=O)N2CCSCC2)CC1)c1ccccc1. The predicted molar refractivity (Wildman–Crippen MR) is 103 cm³/mol. The number of nitrogens with zero attached hydrogens (tertiary/aromatic N) is 1. The lowest BCUT2D eigenvalue weighted by atomic mass is 9.85. The summed E-state index contributed by atoms with van der Waals surface area (Å²) in [4.78, 5) is 14.7. The third kappa shape index (κ3) is 4.76. The van der Waals surface area contributed by atoms with Crippen LogP contribution >= 0.6 is 11.8 Å². The van der Waals surface area contributed by atoms with Crippen LogP contribution in [0.2, 0.25) is 0 Å². The maximum atomic E-state index is 12.6. The van der Waals surface area contributed by atoms with Gasteiger partial charge in [0.05, 0.1) is 0 Å². The van der Waals surface area contributed by atoms with Crippen LogP contribution in [0, 0.1) is 5.92 Å². The largest absolute Gasteiger partial charge is 0.341 e. The molecule has 2 fully saturated rings. The van der Waals surface area contributed by atoms with Crippen LogP contribution in [0.3, 0.4) is 0 Å². The Hall–Kier alpha value is -1.00. The van der Waals surface area contributed by atoms with Crippen molar-refractivity contribution >= 4 is 17.7 Å². The Balaban J connectivity index is 1.39. The number of thioether (sulfide) groups is 1. The average molecular weight is 347 g/mol. The first kappa shape index (κ1) is 17.8. The van der Waals surface area contributed by atoms with E-state index in [1.807, 2.05) is 11.8 Å². The van der Waals surface area contributed by atoms with Crippen molar-refractivity contribution < 1.29 is 4.79 Å². The Morgan fingerprint density at radius 3 is 2.50 bits per heavy atom. The first-order valence-electron chi connectivity index (χ1n) is 9.39. The van der Waals surface area contributed by atoms with Crippen LogP contribution in [0.1, 0.15) is 44.1 Å². The van der Waals surface area contributed by atoms with Gasteiger partial charge in [-0.05, 0) is 37.2 Å². The van der Waals surface area contributed by atoms with Gasteiger partial charge in [-0.1, -0.05) is 37.3 Å². The zero-order chi connectivity index (χ0) is 16.8. The van der Waals surface area contributed by atoms with E-state index >= 15 is 0 Å². The summed E-state index contributed by atoms with van der Waals surface area (Å²) >= 11 is 1.97. The number of carbonyl (C=O) groups is 1. The fraction of sp³-hybridized carbons (Fsp3) is 0.650. The second-order valence-electron chi connectivity index (χ2n) is 7.21. The molecule has 1 aromatic carbocycles. The second kappa shape index (κ2) is 8.91. The van der Waals surface area contributed by atoms with Gasteiger partial charge in [0.2, 0.25) is 5.91 Å². The van der Waals surface area contributed by atoms with E-state index in [2.05, 4.69) is 47.5 Å². The fourth-order valence-corrected chi connectivity index (χ4v) is 4.73. The van der Waals surface area contributed by atoms with Gasteiger partial charge in [0, 0.05) is 43.1 Å². The zero-order valence-corrected chi connectivity index (χ0v) is 15.6. The quantitative estimate of drug-likeness (QED) is 0.885. The average Bonchev–Trinajstić information content (AvgIpc) is 2.67. The van der Waals surface area contributed by atoms with Gasteiger partial charge in [0.25, 0.3) is 0 Å². The number of amides is 1. The molecular formula is C20H30N2OS. The molecule has 132 valence electrons. The summed E-state index contributed by atoms with van der Waals surface area (Å²) in [5.74, 6) is 3.46. The van der Waals surface area contributed by atoms with Crippen LogP contribution in [0.15, 0.2) is 30.3 Å². The Labute approximate surface area is 150 Å². The Bertz CT molecular complexity index is 508. The number of benzene rings is 1. The van der Waals surface area contributed by atoms with E-state index in [0.717, 1.165) is 56.8 Å². The van der Waals surface area contributed by atoms with Crippen molar-refractivity contribution in [1.82, 2.24) is 10.2 Å². The van der Waals surface area contributed by atoms with Gasteiger partial charge in [-0.2, -0.15) is 11.8 Å². The summed E-state index contributed by atoms with van der Waals surface area (Å²) in [7, 11) is 0. The topological polar surface area (TPSA) is 32.3 Å². The molecule has 24 heavy (non-hydrogen) atoms. The van der Waals surface area contributed by atoms with Crippen molar-refractivity contribution in [3.05, 3.63) is 35.9 Å². The molecule has 1 saturated carbocycles. The van der Waals surface area contributed by atoms with Crippen molar-refractivity contribution in [2.75, 3.05) is 31.1 Å². The molecule has 1 saturated heterocycles. The molecule has 1 aliphatic heterocycles. The molecule has 0 bridgehead atoms. The highest BCUT2D eigenvalue weighted by molar-refractivity contribution is 7.99. The molecule has 1 aliphatic carbocycles. The molecule has 0 radical (unpaired) electrons. The lowest BCUT2D eigenvalue weighted by molar-refractivity contribution is -0.136. The summed E-state index contributed by atoms with van der Waals surface area (Å²) < 4.78 is 0. The third-order valence-electron chi connectivity index (χ3n) is 5.48. The van der Waals surface area contributed by atoms with Crippen molar-refractivity contribution in [3.8, 4) is 0 Å². The standard InChI is InChI=1S/C20H30N2OS/c1-16(17-5-3-2-4-6-17)15-21-19-9-7-18(8-10-19)20(23)22-11-13-24-14-12-22/h2-6,16,18-19,21H,7-15H2,1H3/t16-,18?,19?/m1/s1. The summed E-state index contributed by atoms with van der Waals surface area (Å²) in [5, 5.41) is 3.73. The first-order valence-corrected chi connectivity index (χ1v) is 10.5. The van der Waals surface area contributed by atoms with Gasteiger partial charge in [0.15, 0.2) is 0 Å². The Morgan fingerprint density at radius 2 is 1.83 bits per heavy atom. The number of hydrogen-bond donors (Lipinski definition) is 1. The van der Waals surface area contributed by atoms with Crippen molar-refractivity contribution in [2.24, 2.45) is 5.92 Å². The van der Waals surface area contributed by atoms with Crippen molar-refractivity contribution in [1.29, 1.82) is 0 Å². The molecule has 0 aromatic heterocycles. The van der Waals surface area contributed by atoms with E-state index in [4.69, 9.17) is 0 Å². The lowest BCUT2D eigenvalue weighted by Crippen LogP contribution is -2.44. The highest BCUT2D eigenvalue weighted by Gasteiger charge is 2.30. The smallest absolute Gasteiger partial charge is 0.225 e. The van der Waals surface area contributed by atoms with E-state index in [1.54, 1.807) is 0 Å². The maximum absolute atomic E-state index is 12.6. The van der Waals surface area contributed by atoms with Crippen LogP contribution in [0.25, 0.3) is 0 Å². The molecule has 1 amide bonds. The normalized spacial score (nSPS) is 26.1. The van der Waals surface area contributed by atoms with Gasteiger partial charge < -0.3 is 10.2 Å². The van der Waals surface area contributed by atoms with Crippen LogP contribution in [-0.2, 0) is 4.79 Å². The monoisotopic (exact) mass is 346 g/mol. The maximum Gasteiger partial charge on any atom is 0.225 e. The molecule has 4 heteroatoms. The van der Waals surface area contributed by atoms with Crippen molar-refractivity contribution in [3.63, 3.8) is 0 Å². The minimum atomic E-state index is 0.276. The molecule has 3 nitrogen and oxygen atoms in total. The first-order chi connectivity index (χ1) is 11.7. The van der Waals surface area contributed by atoms with Gasteiger partial charge in [-0.3, -0.25) is 4.79 Å². The second-order valence-corrected chi connectivity index (χ2v) is 8.43. The number of carbonyl (C=O) groups excluding carboxylic acids is 1. The lowest BCUT2D eigenvalue weighted by Gasteiger charge is -2.34. The Kier molecular flexibility index (Phi) is 6.61. The van der Waals surface area contributed by atoms with Gasteiger partial charge in [-0.15, -0.1) is 0 Å². The molecule has 0 spiro atoms. The molecule has 0 unspecified atom stereocenters. The molecule has 3 rings (SSSR count). The zero-order valence-electron chi connectivity index (χ0n) is 14.7. The number of hydrogen-bond acceptors (Lipinski definition) is 3. The Morgan fingerprint density at radius 1 is 1.17 bits per heavy atom. The fourth-order valence-electron chi connectivity index (χ4n) is 3.83. The molecule has 1 atom stereocenters. The highest BCUT2D eigenvalue weighted by Crippen LogP contribution is 2.27. The number of rotatable bonds is 5. The van der Waals surface area contributed by atoms with E-state index in [0.29, 0.717) is 17.9 Å². The summed E-state index contributed by atoms with van der Waals surface area (Å²) in [6, 6.07) is 11.3. The van der Waals surface area contributed by atoms with E-state index in [1.165, 1.54) is 5.56 Å². The van der Waals surface area contributed by atoms with Gasteiger partial charge in [-0.25, -0.2) is 0 Å². The van der Waals surface area contributed by atoms with E-state index < -0.39 is 0 Å². The van der Waals surface area contributed by atoms with E-state index in [9.17, 15) is 4.79 Å². The van der Waals surface area contributed by atoms with Gasteiger partial charge >= 0.3 is 0 Å². The molecular weight excluding hydrogens is 316 g/mol. The van der Waals surface area contributed by atoms with Crippen LogP contribution in [0.4, 0.5) is 0 Å². The molecule has 1 aromatic rings. The summed E-state index contributed by atoms with van der Waals surface area (Å²) in [6.07, 6.45) is 4.39. The van der Waals surface area contributed by atoms with Crippen molar-refractivity contribution in [2.45, 2.75) is 44.6 Å². The van der Waals surface area contributed by atoms with Gasteiger partial charge in [0.1, 0.15) is 0 Å². The van der Waals surface area contributed by atoms with Crippen LogP contribution in [-0.4, -0.2) is 48.0 Å². The summed E-state index contributed by atoms with van der Waals surface area (Å²) in [5.41, 5.74) is 1.40. The third-order valence-corrected chi connectivity index (χ3v) is 6.42. The van der Waals surface area contributed by atoms with E-state index in [-0.39, 0.29) is 5.92 Å². The number of nitrogens with one attached hydrogen (secondary N) is 1. The minimum Gasteiger partial charge on any atom is -0.341 e. The minimum absolute atomic E-state index is 0.276. The van der Waals surface area contributed by atoms with Crippen LogP contribution in [0.5, 0.6) is 0 Å². The summed E-state index contributed by atoms with van der Waals surface area (Å²) in [6.45, 7) is 5.22. The highest BCUT2D eigenvalue weighted by atomic mass is 32.2. The molecule has 1 heterocycles. The molecule has 1 N–H and O–H groups in total. The van der Waals surface area contributed by atoms with Crippen LogP contribution < -0.4 is 5.32 Å². The predicted octanol–water partition coefficient (Wildman–Crippen LogP) is 3.51.